The van der Waals surface area contributed by atoms with Crippen LogP contribution >= 0.6 is 27.5 Å². The van der Waals surface area contributed by atoms with Crippen molar-refractivity contribution in [3.05, 3.63) is 33.3 Å². The molecule has 0 unspecified atom stereocenters. The normalized spacial score (nSPS) is 10.4. The summed E-state index contributed by atoms with van der Waals surface area (Å²) in [6, 6.07) is 5.59. The summed E-state index contributed by atoms with van der Waals surface area (Å²) >= 11 is 9.36. The van der Waals surface area contributed by atoms with Gasteiger partial charge in [-0.3, -0.25) is 4.79 Å². The van der Waals surface area contributed by atoms with Crippen LogP contribution in [0, 0.1) is 0 Å². The van der Waals surface area contributed by atoms with E-state index < -0.39 is 0 Å². The highest BCUT2D eigenvalue weighted by Crippen LogP contribution is 2.22. The Hall–Kier alpha value is -0.380. The number of rotatable bonds is 6. The number of halogens is 2. The minimum Gasteiger partial charge on any atom is -0.330 e. The fraction of sp³-hybridized carbons (Fsp3) is 0.417. The van der Waals surface area contributed by atoms with Crippen LogP contribution in [0.15, 0.2) is 22.7 Å². The monoisotopic (exact) mass is 303 g/mol. The van der Waals surface area contributed by atoms with E-state index in [1.54, 1.807) is 0 Å². The van der Waals surface area contributed by atoms with E-state index in [9.17, 15) is 4.79 Å². The first-order valence-electron chi connectivity index (χ1n) is 5.29. The zero-order chi connectivity index (χ0) is 12.0. The molecule has 0 heterocycles. The molecule has 2 N–H and O–H groups in total. The second-order valence-electron chi connectivity index (χ2n) is 3.70. The van der Waals surface area contributed by atoms with Crippen molar-refractivity contribution in [3.63, 3.8) is 0 Å². The lowest BCUT2D eigenvalue weighted by Crippen LogP contribution is -2.05. The van der Waals surface area contributed by atoms with Crippen molar-refractivity contribution < 1.29 is 4.79 Å². The van der Waals surface area contributed by atoms with Crippen LogP contribution in [0.4, 0.5) is 0 Å². The van der Waals surface area contributed by atoms with Gasteiger partial charge < -0.3 is 5.73 Å². The number of benzene rings is 1. The summed E-state index contributed by atoms with van der Waals surface area (Å²) in [5.74, 6) is 0.220. The third-order valence-corrected chi connectivity index (χ3v) is 3.16. The van der Waals surface area contributed by atoms with Gasteiger partial charge in [-0.2, -0.15) is 0 Å². The van der Waals surface area contributed by atoms with E-state index in [1.165, 1.54) is 0 Å². The maximum Gasteiger partial charge on any atom is 0.137 e. The van der Waals surface area contributed by atoms with Crippen LogP contribution in [0.25, 0.3) is 0 Å². The van der Waals surface area contributed by atoms with Crippen LogP contribution < -0.4 is 5.73 Å². The van der Waals surface area contributed by atoms with Gasteiger partial charge >= 0.3 is 0 Å². The molecule has 0 amide bonds. The zero-order valence-electron chi connectivity index (χ0n) is 9.01. The molecule has 0 aliphatic carbocycles. The van der Waals surface area contributed by atoms with Crippen molar-refractivity contribution in [2.75, 3.05) is 6.54 Å². The number of hydrogen-bond donors (Lipinski definition) is 1. The van der Waals surface area contributed by atoms with Gasteiger partial charge in [0, 0.05) is 22.3 Å². The third kappa shape index (κ3) is 4.64. The average Bonchev–Trinajstić information content (AvgIpc) is 2.23. The van der Waals surface area contributed by atoms with Gasteiger partial charge in [0.2, 0.25) is 0 Å². The molecule has 4 heteroatoms. The molecule has 0 aliphatic rings. The molecule has 1 rings (SSSR count). The minimum absolute atomic E-state index is 0.220. The molecule has 1 aromatic carbocycles. The van der Waals surface area contributed by atoms with Gasteiger partial charge in [-0.05, 0) is 37.1 Å². The number of hydrogen-bond acceptors (Lipinski definition) is 2. The van der Waals surface area contributed by atoms with E-state index in [2.05, 4.69) is 15.9 Å². The Kier molecular flexibility index (Phi) is 6.03. The van der Waals surface area contributed by atoms with Crippen LogP contribution in [-0.2, 0) is 11.2 Å². The van der Waals surface area contributed by atoms with Gasteiger partial charge in [-0.25, -0.2) is 0 Å². The smallest absolute Gasteiger partial charge is 0.137 e. The van der Waals surface area contributed by atoms with Gasteiger partial charge in [-0.1, -0.05) is 33.6 Å². The lowest BCUT2D eigenvalue weighted by molar-refractivity contribution is -0.118. The average molecular weight is 305 g/mol. The van der Waals surface area contributed by atoms with Crippen LogP contribution in [-0.4, -0.2) is 12.3 Å². The summed E-state index contributed by atoms with van der Waals surface area (Å²) in [5, 5.41) is 0.640. The summed E-state index contributed by atoms with van der Waals surface area (Å²) < 4.78 is 0.928. The predicted molar refractivity (Wildman–Crippen MR) is 70.8 cm³/mol. The topological polar surface area (TPSA) is 43.1 Å². The molecule has 1 aromatic rings. The van der Waals surface area contributed by atoms with Crippen molar-refractivity contribution in [1.82, 2.24) is 0 Å². The van der Waals surface area contributed by atoms with Gasteiger partial charge in [0.25, 0.3) is 0 Å². The first-order chi connectivity index (χ1) is 7.63. The van der Waals surface area contributed by atoms with Crippen molar-refractivity contribution in [2.24, 2.45) is 5.73 Å². The Morgan fingerprint density at radius 1 is 1.38 bits per heavy atom. The number of unbranched alkanes of at least 4 members (excludes halogenated alkanes) is 1. The van der Waals surface area contributed by atoms with Crippen LogP contribution in [0.3, 0.4) is 0 Å². The van der Waals surface area contributed by atoms with E-state index in [1.807, 2.05) is 18.2 Å². The summed E-state index contributed by atoms with van der Waals surface area (Å²) in [7, 11) is 0. The first kappa shape index (κ1) is 13.7. The molecule has 0 aromatic heterocycles. The van der Waals surface area contributed by atoms with E-state index >= 15 is 0 Å². The van der Waals surface area contributed by atoms with Crippen molar-refractivity contribution in [2.45, 2.75) is 25.7 Å². The SMILES string of the molecule is NCCCCC(=O)Cc1ccc(Br)cc1Cl. The van der Waals surface area contributed by atoms with Gasteiger partial charge in [0.1, 0.15) is 5.78 Å². The number of carbonyl (C=O) groups excluding carboxylic acids is 1. The highest BCUT2D eigenvalue weighted by molar-refractivity contribution is 9.10. The number of Topliss-reactive ketones (excluding diaryl/α,β-unsaturated/α-hetero) is 1. The van der Waals surface area contributed by atoms with E-state index in [0.717, 1.165) is 22.9 Å². The summed E-state index contributed by atoms with van der Waals surface area (Å²) in [4.78, 5) is 11.6. The van der Waals surface area contributed by atoms with Crippen LogP contribution in [0.1, 0.15) is 24.8 Å². The van der Waals surface area contributed by atoms with E-state index in [0.29, 0.717) is 24.4 Å². The standard InChI is InChI=1S/C12H15BrClNO/c13-10-5-4-9(12(14)8-10)7-11(16)3-1-2-6-15/h4-5,8H,1-3,6-7,15H2. The van der Waals surface area contributed by atoms with Gasteiger partial charge in [0.05, 0.1) is 0 Å². The van der Waals surface area contributed by atoms with Crippen molar-refractivity contribution >= 4 is 33.3 Å². The van der Waals surface area contributed by atoms with Crippen LogP contribution in [0.5, 0.6) is 0 Å². The number of ketones is 1. The van der Waals surface area contributed by atoms with Gasteiger partial charge in [-0.15, -0.1) is 0 Å². The summed E-state index contributed by atoms with van der Waals surface area (Å²) in [6.07, 6.45) is 2.77. The molecule has 0 saturated heterocycles. The van der Waals surface area contributed by atoms with E-state index in [4.69, 9.17) is 17.3 Å². The number of carbonyl (C=O) groups is 1. The second kappa shape index (κ2) is 7.05. The van der Waals surface area contributed by atoms with E-state index in [-0.39, 0.29) is 5.78 Å². The van der Waals surface area contributed by atoms with Gasteiger partial charge in [0.15, 0.2) is 0 Å². The Bertz CT molecular complexity index is 368. The van der Waals surface area contributed by atoms with Crippen LogP contribution in [0.2, 0.25) is 5.02 Å². The molecule has 16 heavy (non-hydrogen) atoms. The molecule has 0 spiro atoms. The first-order valence-corrected chi connectivity index (χ1v) is 6.46. The second-order valence-corrected chi connectivity index (χ2v) is 5.02. The Morgan fingerprint density at radius 3 is 2.75 bits per heavy atom. The lowest BCUT2D eigenvalue weighted by atomic mass is 10.0. The molecule has 88 valence electrons. The quantitative estimate of drug-likeness (QED) is 0.819. The maximum absolute atomic E-state index is 11.6. The lowest BCUT2D eigenvalue weighted by Gasteiger charge is -2.04. The maximum atomic E-state index is 11.6. The third-order valence-electron chi connectivity index (χ3n) is 2.31. The van der Waals surface area contributed by atoms with Crippen molar-refractivity contribution in [1.29, 1.82) is 0 Å². The largest absolute Gasteiger partial charge is 0.330 e. The molecule has 0 saturated carbocycles. The molecule has 2 nitrogen and oxygen atoms in total. The Balaban J connectivity index is 2.49. The summed E-state index contributed by atoms with van der Waals surface area (Å²) in [6.45, 7) is 0.645. The highest BCUT2D eigenvalue weighted by atomic mass is 79.9. The molecule has 0 radical (unpaired) electrons. The number of nitrogens with two attached hydrogens (primary N) is 1. The zero-order valence-corrected chi connectivity index (χ0v) is 11.4. The molecule has 0 atom stereocenters. The Labute approximate surface area is 109 Å². The molecular weight excluding hydrogens is 289 g/mol. The Morgan fingerprint density at radius 2 is 2.12 bits per heavy atom. The summed E-state index contributed by atoms with van der Waals surface area (Å²) in [5.41, 5.74) is 6.26. The van der Waals surface area contributed by atoms with Crippen molar-refractivity contribution in [3.8, 4) is 0 Å². The minimum atomic E-state index is 0.220. The predicted octanol–water partition coefficient (Wildman–Crippen LogP) is 3.34. The molecule has 0 bridgehead atoms. The fourth-order valence-corrected chi connectivity index (χ4v) is 2.17. The molecule has 0 fully saturated rings. The molecular formula is C12H15BrClNO. The fourth-order valence-electron chi connectivity index (χ4n) is 1.43. The molecule has 0 aliphatic heterocycles. The highest BCUT2D eigenvalue weighted by Gasteiger charge is 2.07.